The molecule has 3 amide bonds. The van der Waals surface area contributed by atoms with Gasteiger partial charge < -0.3 is 31.7 Å². The van der Waals surface area contributed by atoms with E-state index in [-0.39, 0.29) is 35.9 Å². The predicted molar refractivity (Wildman–Crippen MR) is 145 cm³/mol. The molecule has 0 bridgehead atoms. The Morgan fingerprint density at radius 3 is 2.08 bits per heavy atom. The van der Waals surface area contributed by atoms with E-state index in [1.165, 1.54) is 6.92 Å². The van der Waals surface area contributed by atoms with Gasteiger partial charge in [0.1, 0.15) is 24.0 Å². The summed E-state index contributed by atoms with van der Waals surface area (Å²) >= 11 is 0. The molecule has 11 nitrogen and oxygen atoms in total. The van der Waals surface area contributed by atoms with Gasteiger partial charge in [-0.25, -0.2) is 0 Å². The topological polar surface area (TPSA) is 190 Å². The van der Waals surface area contributed by atoms with Crippen molar-refractivity contribution in [1.29, 1.82) is 5.26 Å². The molecule has 0 aliphatic heterocycles. The number of aliphatic imine (C=N–C) groups is 1. The molecule has 0 heterocycles. The summed E-state index contributed by atoms with van der Waals surface area (Å²) in [6.45, 7) is 12.9. The average molecular weight is 520 g/mol. The van der Waals surface area contributed by atoms with Gasteiger partial charge in [0.25, 0.3) is 0 Å². The number of allylic oxidation sites excluding steroid dienone is 1. The minimum absolute atomic E-state index is 0.0952. The first-order valence-electron chi connectivity index (χ1n) is 12.9. The van der Waals surface area contributed by atoms with E-state index in [1.807, 2.05) is 33.8 Å². The number of nitrogens with two attached hydrogens (primary N) is 1. The zero-order valence-corrected chi connectivity index (χ0v) is 23.2. The van der Waals surface area contributed by atoms with E-state index >= 15 is 0 Å². The summed E-state index contributed by atoms with van der Waals surface area (Å²) in [7, 11) is -1.75. The lowest BCUT2D eigenvalue weighted by Gasteiger charge is -2.25. The summed E-state index contributed by atoms with van der Waals surface area (Å²) in [5.41, 5.74) is 6.22. The SMILES string of the molecule is CC(C)C=C(C#N)C(N)=NCCCC[C@H](NC(=O)[C@H](C)NC(=O)C(C)C)C(=O)N[C@@H](CC(C)C)B(O)O. The van der Waals surface area contributed by atoms with Gasteiger partial charge in [0.15, 0.2) is 0 Å². The van der Waals surface area contributed by atoms with Crippen LogP contribution in [0.3, 0.4) is 0 Å². The van der Waals surface area contributed by atoms with E-state index in [9.17, 15) is 29.7 Å². The number of nitrogens with one attached hydrogen (secondary N) is 3. The second kappa shape index (κ2) is 17.5. The van der Waals surface area contributed by atoms with Crippen LogP contribution in [0.4, 0.5) is 0 Å². The number of amidine groups is 1. The van der Waals surface area contributed by atoms with Crippen molar-refractivity contribution in [3.63, 3.8) is 0 Å². The van der Waals surface area contributed by atoms with Gasteiger partial charge in [0, 0.05) is 12.5 Å². The van der Waals surface area contributed by atoms with Crippen LogP contribution in [-0.4, -0.2) is 65.3 Å². The predicted octanol–water partition coefficient (Wildman–Crippen LogP) is 0.808. The molecule has 0 aliphatic carbocycles. The Labute approximate surface area is 221 Å². The highest BCUT2D eigenvalue weighted by Gasteiger charge is 2.30. The van der Waals surface area contributed by atoms with Crippen LogP contribution in [0.25, 0.3) is 0 Å². The zero-order chi connectivity index (χ0) is 28.7. The fourth-order valence-corrected chi connectivity index (χ4v) is 3.32. The molecule has 0 aromatic carbocycles. The molecule has 7 N–H and O–H groups in total. The quantitative estimate of drug-likeness (QED) is 0.0570. The molecule has 12 heteroatoms. The van der Waals surface area contributed by atoms with Gasteiger partial charge in [-0.1, -0.05) is 47.6 Å². The van der Waals surface area contributed by atoms with Gasteiger partial charge in [0.05, 0.1) is 11.5 Å². The molecule has 0 unspecified atom stereocenters. The Bertz CT molecular complexity index is 851. The van der Waals surface area contributed by atoms with Crippen molar-refractivity contribution in [2.45, 2.75) is 92.2 Å². The maximum atomic E-state index is 13.0. The average Bonchev–Trinajstić information content (AvgIpc) is 2.79. The molecule has 0 aliphatic rings. The van der Waals surface area contributed by atoms with Gasteiger partial charge in [0.2, 0.25) is 17.7 Å². The highest BCUT2D eigenvalue weighted by atomic mass is 16.4. The van der Waals surface area contributed by atoms with E-state index in [0.29, 0.717) is 31.4 Å². The fraction of sp³-hybridized carbons (Fsp3) is 0.720. The molecule has 37 heavy (non-hydrogen) atoms. The number of unbranched alkanes of at least 4 members (excludes halogenated alkanes) is 1. The van der Waals surface area contributed by atoms with Crippen molar-refractivity contribution in [2.24, 2.45) is 28.5 Å². The van der Waals surface area contributed by atoms with E-state index in [4.69, 9.17) is 5.73 Å². The normalized spacial score (nSPS) is 14.7. The van der Waals surface area contributed by atoms with Crippen LogP contribution in [0, 0.1) is 29.1 Å². The summed E-state index contributed by atoms with van der Waals surface area (Å²) in [5.74, 6) is -2.17. The first-order valence-corrected chi connectivity index (χ1v) is 12.9. The Morgan fingerprint density at radius 2 is 1.59 bits per heavy atom. The number of rotatable bonds is 16. The van der Waals surface area contributed by atoms with Crippen LogP contribution in [0.1, 0.15) is 74.1 Å². The minimum Gasteiger partial charge on any atom is -0.426 e. The van der Waals surface area contributed by atoms with Crippen LogP contribution in [0.5, 0.6) is 0 Å². The summed E-state index contributed by atoms with van der Waals surface area (Å²) < 4.78 is 0. The summed E-state index contributed by atoms with van der Waals surface area (Å²) in [5, 5.41) is 36.5. The lowest BCUT2D eigenvalue weighted by atomic mass is 9.75. The van der Waals surface area contributed by atoms with Crippen molar-refractivity contribution >= 4 is 30.7 Å². The lowest BCUT2D eigenvalue weighted by molar-refractivity contribution is -0.132. The first kappa shape index (κ1) is 34.1. The summed E-state index contributed by atoms with van der Waals surface area (Å²) in [4.78, 5) is 41.9. The van der Waals surface area contributed by atoms with Crippen LogP contribution in [0.2, 0.25) is 0 Å². The van der Waals surface area contributed by atoms with E-state index < -0.39 is 37.0 Å². The Kier molecular flexibility index (Phi) is 16.2. The first-order chi connectivity index (χ1) is 17.2. The zero-order valence-electron chi connectivity index (χ0n) is 23.2. The molecular weight excluding hydrogens is 475 g/mol. The molecule has 208 valence electrons. The third kappa shape index (κ3) is 14.4. The Balaban J connectivity index is 5.35. The summed E-state index contributed by atoms with van der Waals surface area (Å²) in [6.07, 6.45) is 3.36. The van der Waals surface area contributed by atoms with Gasteiger partial charge in [-0.2, -0.15) is 5.26 Å². The lowest BCUT2D eigenvalue weighted by Crippen LogP contribution is -2.56. The Morgan fingerprint density at radius 1 is 0.973 bits per heavy atom. The molecule has 3 atom stereocenters. The monoisotopic (exact) mass is 520 g/mol. The smallest absolute Gasteiger partial charge is 0.426 e. The number of nitriles is 1. The van der Waals surface area contributed by atoms with Gasteiger partial charge in [-0.05, 0) is 44.4 Å². The third-order valence-corrected chi connectivity index (χ3v) is 5.40. The van der Waals surface area contributed by atoms with Crippen molar-refractivity contribution in [2.75, 3.05) is 6.54 Å². The number of carbonyl (C=O) groups excluding carboxylic acids is 3. The van der Waals surface area contributed by atoms with Crippen molar-refractivity contribution in [1.82, 2.24) is 16.0 Å². The van der Waals surface area contributed by atoms with E-state index in [2.05, 4.69) is 20.9 Å². The second-order valence-corrected chi connectivity index (χ2v) is 10.3. The molecule has 0 aromatic heterocycles. The number of carbonyl (C=O) groups is 3. The van der Waals surface area contributed by atoms with Crippen LogP contribution in [-0.2, 0) is 14.4 Å². The minimum atomic E-state index is -1.75. The van der Waals surface area contributed by atoms with E-state index in [0.717, 1.165) is 0 Å². The number of hydrogen-bond donors (Lipinski definition) is 6. The van der Waals surface area contributed by atoms with Gasteiger partial charge in [-0.3, -0.25) is 19.4 Å². The largest absolute Gasteiger partial charge is 0.475 e. The maximum Gasteiger partial charge on any atom is 0.475 e. The summed E-state index contributed by atoms with van der Waals surface area (Å²) in [6, 6.07) is 0.213. The van der Waals surface area contributed by atoms with Crippen molar-refractivity contribution in [3.8, 4) is 6.07 Å². The van der Waals surface area contributed by atoms with Crippen molar-refractivity contribution < 1.29 is 24.4 Å². The fourth-order valence-electron chi connectivity index (χ4n) is 3.32. The highest BCUT2D eigenvalue weighted by molar-refractivity contribution is 6.43. The molecule has 0 fully saturated rings. The standard InChI is InChI=1S/C25H45BN6O5/c1-15(2)12-19(14-27)22(28)29-11-9-8-10-20(25(35)32-21(26(36)37)13-16(3)4)31-24(34)18(7)30-23(33)17(5)6/h12,15-18,20-21,36-37H,8-11,13H2,1-7H3,(H2,28,29)(H,30,33)(H,31,34)(H,32,35)/t18-,20-,21-/m0/s1. The molecule has 0 saturated carbocycles. The second-order valence-electron chi connectivity index (χ2n) is 10.3. The van der Waals surface area contributed by atoms with Gasteiger partial charge >= 0.3 is 7.12 Å². The molecular formula is C25H45BN6O5. The van der Waals surface area contributed by atoms with Crippen LogP contribution in [0.15, 0.2) is 16.6 Å². The van der Waals surface area contributed by atoms with E-state index in [1.54, 1.807) is 19.9 Å². The van der Waals surface area contributed by atoms with Crippen molar-refractivity contribution in [3.05, 3.63) is 11.6 Å². The number of hydrogen-bond acceptors (Lipinski definition) is 7. The Hall–Kier alpha value is -2.91. The maximum absolute atomic E-state index is 13.0. The number of amides is 3. The third-order valence-electron chi connectivity index (χ3n) is 5.40. The highest BCUT2D eigenvalue weighted by Crippen LogP contribution is 2.09. The number of nitrogens with zero attached hydrogens (tertiary/aromatic N) is 2. The molecule has 0 radical (unpaired) electrons. The molecule has 0 rings (SSSR count). The molecule has 0 aromatic rings. The van der Waals surface area contributed by atoms with Gasteiger partial charge in [-0.15, -0.1) is 0 Å². The molecule has 0 spiro atoms. The van der Waals surface area contributed by atoms with Crippen LogP contribution < -0.4 is 21.7 Å². The molecule has 0 saturated heterocycles. The van der Waals surface area contributed by atoms with Crippen LogP contribution >= 0.6 is 0 Å².